The van der Waals surface area contributed by atoms with Crippen LogP contribution in [-0.2, 0) is 9.63 Å². The normalized spacial score (nSPS) is 21.4. The summed E-state index contributed by atoms with van der Waals surface area (Å²) in [6.45, 7) is 3.03. The molecule has 3 aliphatic rings. The lowest BCUT2D eigenvalue weighted by atomic mass is 9.86. The first-order chi connectivity index (χ1) is 13.0. The summed E-state index contributed by atoms with van der Waals surface area (Å²) in [5.41, 5.74) is 1.47. The molecule has 27 heavy (non-hydrogen) atoms. The molecule has 1 N–H and O–H groups in total. The van der Waals surface area contributed by atoms with E-state index in [2.05, 4.69) is 10.5 Å². The molecule has 0 bridgehead atoms. The number of amides is 2. The highest BCUT2D eigenvalue weighted by molar-refractivity contribution is 6.39. The molecule has 1 aromatic carbocycles. The van der Waals surface area contributed by atoms with Crippen LogP contribution in [0, 0.1) is 6.92 Å². The molecule has 2 aliphatic heterocycles. The average Bonchev–Trinajstić information content (AvgIpc) is 3.04. The van der Waals surface area contributed by atoms with E-state index in [1.54, 1.807) is 12.1 Å². The molecule has 4 rings (SSSR count). The number of oxime groups is 1. The van der Waals surface area contributed by atoms with Gasteiger partial charge < -0.3 is 15.1 Å². The van der Waals surface area contributed by atoms with E-state index in [9.17, 15) is 9.59 Å². The predicted molar refractivity (Wildman–Crippen MR) is 103 cm³/mol. The van der Waals surface area contributed by atoms with E-state index in [0.717, 1.165) is 18.4 Å². The minimum atomic E-state index is -0.452. The van der Waals surface area contributed by atoms with E-state index in [1.807, 2.05) is 17.9 Å². The van der Waals surface area contributed by atoms with Crippen molar-refractivity contribution in [1.82, 2.24) is 10.2 Å². The van der Waals surface area contributed by atoms with Gasteiger partial charge in [0, 0.05) is 49.0 Å². The molecular weight excluding hydrogens is 366 g/mol. The third kappa shape index (κ3) is 3.55. The maximum atomic E-state index is 12.8. The van der Waals surface area contributed by atoms with E-state index in [4.69, 9.17) is 16.4 Å². The predicted octanol–water partition coefficient (Wildman–Crippen LogP) is 3.07. The number of nitrogens with zero attached hydrogens (tertiary/aromatic N) is 2. The largest absolute Gasteiger partial charge is 0.388 e. The number of halogens is 1. The van der Waals surface area contributed by atoms with Crippen molar-refractivity contribution in [2.75, 3.05) is 13.1 Å². The maximum Gasteiger partial charge on any atom is 0.269 e. The average molecular weight is 390 g/mol. The Kier molecular flexibility index (Phi) is 4.84. The van der Waals surface area contributed by atoms with Gasteiger partial charge in [0.1, 0.15) is 11.3 Å². The quantitative estimate of drug-likeness (QED) is 0.863. The Bertz CT molecular complexity index is 796. The molecule has 1 aromatic rings. The lowest BCUT2D eigenvalue weighted by Gasteiger charge is -2.37. The zero-order chi connectivity index (χ0) is 19.0. The fraction of sp³-hybridized carbons (Fsp3) is 0.550. The molecule has 6 nitrogen and oxygen atoms in total. The van der Waals surface area contributed by atoms with Crippen molar-refractivity contribution in [3.8, 4) is 0 Å². The molecule has 2 heterocycles. The maximum absolute atomic E-state index is 12.8. The van der Waals surface area contributed by atoms with Crippen LogP contribution in [0.15, 0.2) is 23.4 Å². The molecule has 0 aromatic heterocycles. The third-order valence-electron chi connectivity index (χ3n) is 6.00. The van der Waals surface area contributed by atoms with Crippen molar-refractivity contribution in [3.63, 3.8) is 0 Å². The molecule has 2 fully saturated rings. The van der Waals surface area contributed by atoms with E-state index >= 15 is 0 Å². The number of carbonyl (C=O) groups is 2. The summed E-state index contributed by atoms with van der Waals surface area (Å²) in [6, 6.07) is 5.69. The Morgan fingerprint density at radius 1 is 1.30 bits per heavy atom. The number of carbonyl (C=O) groups excluding carboxylic acids is 2. The summed E-state index contributed by atoms with van der Waals surface area (Å²) in [6.07, 6.45) is 5.12. The fourth-order valence-corrected chi connectivity index (χ4v) is 4.03. The SMILES string of the molecule is Cc1c(Cl)cccc1C(=O)N1CCC2(CC1)CC(C(=O)NC1CCC1)=NO2. The number of benzene rings is 1. The Labute approximate surface area is 163 Å². The topological polar surface area (TPSA) is 71.0 Å². The van der Waals surface area contributed by atoms with Crippen molar-refractivity contribution >= 4 is 29.1 Å². The fourth-order valence-electron chi connectivity index (χ4n) is 3.86. The second-order valence-electron chi connectivity index (χ2n) is 7.79. The Balaban J connectivity index is 1.34. The highest BCUT2D eigenvalue weighted by Crippen LogP contribution is 2.35. The monoisotopic (exact) mass is 389 g/mol. The summed E-state index contributed by atoms with van der Waals surface area (Å²) < 4.78 is 0. The molecular formula is C20H24ClN3O3. The van der Waals surface area contributed by atoms with Crippen molar-refractivity contribution in [1.29, 1.82) is 0 Å². The second kappa shape index (κ2) is 7.15. The number of piperidine rings is 1. The highest BCUT2D eigenvalue weighted by atomic mass is 35.5. The zero-order valence-corrected chi connectivity index (χ0v) is 16.2. The van der Waals surface area contributed by atoms with E-state index in [0.29, 0.717) is 48.6 Å². The van der Waals surface area contributed by atoms with Crippen molar-refractivity contribution < 1.29 is 14.4 Å². The van der Waals surface area contributed by atoms with Gasteiger partial charge in [0.2, 0.25) is 0 Å². The van der Waals surface area contributed by atoms with Crippen LogP contribution in [0.25, 0.3) is 0 Å². The lowest BCUT2D eigenvalue weighted by molar-refractivity contribution is -0.116. The molecule has 1 aliphatic carbocycles. The van der Waals surface area contributed by atoms with Crippen LogP contribution in [0.5, 0.6) is 0 Å². The molecule has 1 saturated carbocycles. The standard InChI is InChI=1S/C20H24ClN3O3/c1-13-15(6-3-7-16(13)21)19(26)24-10-8-20(9-11-24)12-17(23-27-20)18(25)22-14-4-2-5-14/h3,6-7,14H,2,4-5,8-12H2,1H3,(H,22,25). The molecule has 7 heteroatoms. The number of nitrogens with one attached hydrogen (secondary N) is 1. The first-order valence-electron chi connectivity index (χ1n) is 9.58. The van der Waals surface area contributed by atoms with E-state index in [1.165, 1.54) is 6.42 Å². The number of hydrogen-bond donors (Lipinski definition) is 1. The van der Waals surface area contributed by atoms with Crippen LogP contribution in [0.3, 0.4) is 0 Å². The Hall–Kier alpha value is -2.08. The second-order valence-corrected chi connectivity index (χ2v) is 8.20. The minimum Gasteiger partial charge on any atom is -0.388 e. The summed E-state index contributed by atoms with van der Waals surface area (Å²) in [7, 11) is 0. The summed E-state index contributed by atoms with van der Waals surface area (Å²) in [4.78, 5) is 32.7. The minimum absolute atomic E-state index is 0.00767. The molecule has 1 saturated heterocycles. The molecule has 144 valence electrons. The van der Waals surface area contributed by atoms with E-state index in [-0.39, 0.29) is 17.9 Å². The lowest BCUT2D eigenvalue weighted by Crippen LogP contribution is -2.48. The van der Waals surface area contributed by atoms with Crippen LogP contribution in [0.1, 0.15) is 54.4 Å². The summed E-state index contributed by atoms with van der Waals surface area (Å²) in [5, 5.41) is 7.68. The highest BCUT2D eigenvalue weighted by Gasteiger charge is 2.45. The molecule has 0 unspecified atom stereocenters. The van der Waals surface area contributed by atoms with Gasteiger partial charge in [-0.3, -0.25) is 9.59 Å². The number of hydrogen-bond acceptors (Lipinski definition) is 4. The van der Waals surface area contributed by atoms with Crippen LogP contribution < -0.4 is 5.32 Å². The van der Waals surface area contributed by atoms with Crippen molar-refractivity contribution in [2.45, 2.75) is 57.1 Å². The van der Waals surface area contributed by atoms with Gasteiger partial charge in [-0.2, -0.15) is 0 Å². The number of rotatable bonds is 3. The van der Waals surface area contributed by atoms with Gasteiger partial charge >= 0.3 is 0 Å². The van der Waals surface area contributed by atoms with Gasteiger partial charge in [-0.15, -0.1) is 0 Å². The van der Waals surface area contributed by atoms with Crippen molar-refractivity contribution in [3.05, 3.63) is 34.3 Å². The smallest absolute Gasteiger partial charge is 0.269 e. The molecule has 0 atom stereocenters. The van der Waals surface area contributed by atoms with Crippen LogP contribution in [0.4, 0.5) is 0 Å². The molecule has 1 spiro atoms. The van der Waals surface area contributed by atoms with Crippen molar-refractivity contribution in [2.24, 2.45) is 5.16 Å². The van der Waals surface area contributed by atoms with Gasteiger partial charge in [-0.1, -0.05) is 22.8 Å². The third-order valence-corrected chi connectivity index (χ3v) is 6.41. The molecule has 2 amide bonds. The van der Waals surface area contributed by atoms with Gasteiger partial charge in [-0.05, 0) is 43.9 Å². The first kappa shape index (κ1) is 18.3. The van der Waals surface area contributed by atoms with Crippen LogP contribution in [0.2, 0.25) is 5.02 Å². The van der Waals surface area contributed by atoms with Gasteiger partial charge in [0.05, 0.1) is 0 Å². The molecule has 0 radical (unpaired) electrons. The summed E-state index contributed by atoms with van der Waals surface area (Å²) >= 11 is 6.15. The van der Waals surface area contributed by atoms with Gasteiger partial charge in [-0.25, -0.2) is 0 Å². The first-order valence-corrected chi connectivity index (χ1v) is 9.95. The Morgan fingerprint density at radius 2 is 2.04 bits per heavy atom. The van der Waals surface area contributed by atoms with Crippen LogP contribution in [-0.4, -0.2) is 47.2 Å². The summed E-state index contributed by atoms with van der Waals surface area (Å²) in [5.74, 6) is -0.114. The van der Waals surface area contributed by atoms with Crippen LogP contribution >= 0.6 is 11.6 Å². The van der Waals surface area contributed by atoms with Gasteiger partial charge in [0.15, 0.2) is 0 Å². The zero-order valence-electron chi connectivity index (χ0n) is 15.5. The Morgan fingerprint density at radius 3 is 2.70 bits per heavy atom. The number of likely N-dealkylation sites (tertiary alicyclic amines) is 1. The van der Waals surface area contributed by atoms with E-state index < -0.39 is 5.60 Å². The van der Waals surface area contributed by atoms with Gasteiger partial charge in [0.25, 0.3) is 11.8 Å².